The van der Waals surface area contributed by atoms with E-state index in [1.165, 1.54) is 9.80 Å². The van der Waals surface area contributed by atoms with Crippen molar-refractivity contribution in [3.63, 3.8) is 0 Å². The highest BCUT2D eigenvalue weighted by molar-refractivity contribution is 6.34. The van der Waals surface area contributed by atoms with Crippen LogP contribution in [0.1, 0.15) is 23.2 Å². The van der Waals surface area contributed by atoms with Gasteiger partial charge in [0.2, 0.25) is 0 Å². The summed E-state index contributed by atoms with van der Waals surface area (Å²) in [6.45, 7) is 1.40. The Morgan fingerprint density at radius 3 is 2.78 bits per heavy atom. The van der Waals surface area contributed by atoms with Gasteiger partial charge in [-0.3, -0.25) is 14.5 Å². The summed E-state index contributed by atoms with van der Waals surface area (Å²) in [6.07, 6.45) is 0.364. The first-order chi connectivity index (χ1) is 10.9. The number of hydrogen-bond acceptors (Lipinski definition) is 3. The number of carbonyl (C=O) groups is 3. The number of nitrogens with one attached hydrogen (secondary N) is 1. The molecule has 7 nitrogen and oxygen atoms in total. The van der Waals surface area contributed by atoms with Crippen LogP contribution in [0.4, 0.5) is 10.5 Å². The topological polar surface area (TPSA) is 90.0 Å². The van der Waals surface area contributed by atoms with Gasteiger partial charge < -0.3 is 15.3 Å². The molecule has 0 aromatic heterocycles. The van der Waals surface area contributed by atoms with E-state index in [-0.39, 0.29) is 18.4 Å². The van der Waals surface area contributed by atoms with Gasteiger partial charge in [-0.25, -0.2) is 4.79 Å². The molecular weight excluding hydrogens is 322 g/mol. The third-order valence-corrected chi connectivity index (χ3v) is 3.91. The minimum atomic E-state index is -0.897. The molecule has 1 heterocycles. The van der Waals surface area contributed by atoms with Gasteiger partial charge in [-0.15, -0.1) is 0 Å². The Balaban J connectivity index is 2.12. The average molecular weight is 340 g/mol. The van der Waals surface area contributed by atoms with Crippen LogP contribution in [0.2, 0.25) is 5.02 Å². The summed E-state index contributed by atoms with van der Waals surface area (Å²) in [5.74, 6) is -1.20. The maximum atomic E-state index is 12.5. The Labute approximate surface area is 138 Å². The lowest BCUT2D eigenvalue weighted by Crippen LogP contribution is -2.30. The van der Waals surface area contributed by atoms with Gasteiger partial charge in [-0.05, 0) is 24.6 Å². The standard InChI is InChI=1S/C15H18ClN3O4/c1-18(7-2-3-13(20)21)14(22)11-9-10(4-5-12(11)16)19-8-6-17-15(19)23/h4-5,9H,2-3,6-8H2,1H3,(H,17,23)(H,20,21). The van der Waals surface area contributed by atoms with E-state index in [4.69, 9.17) is 16.7 Å². The first-order valence-corrected chi connectivity index (χ1v) is 7.60. The molecule has 0 bridgehead atoms. The van der Waals surface area contributed by atoms with Crippen LogP contribution in [0.3, 0.4) is 0 Å². The zero-order valence-corrected chi connectivity index (χ0v) is 13.5. The number of carbonyl (C=O) groups excluding carboxylic acids is 2. The minimum absolute atomic E-state index is 0.000654. The molecule has 0 unspecified atom stereocenters. The van der Waals surface area contributed by atoms with Gasteiger partial charge in [-0.2, -0.15) is 0 Å². The largest absolute Gasteiger partial charge is 0.481 e. The van der Waals surface area contributed by atoms with Crippen LogP contribution in [0.5, 0.6) is 0 Å². The molecule has 23 heavy (non-hydrogen) atoms. The van der Waals surface area contributed by atoms with Crippen molar-refractivity contribution >= 4 is 35.2 Å². The number of amides is 3. The molecule has 8 heteroatoms. The van der Waals surface area contributed by atoms with Crippen molar-refractivity contribution in [3.05, 3.63) is 28.8 Å². The Morgan fingerprint density at radius 2 is 2.17 bits per heavy atom. The number of hydrogen-bond donors (Lipinski definition) is 2. The zero-order chi connectivity index (χ0) is 17.0. The smallest absolute Gasteiger partial charge is 0.321 e. The molecule has 1 saturated heterocycles. The average Bonchev–Trinajstić information content (AvgIpc) is 2.92. The fraction of sp³-hybridized carbons (Fsp3) is 0.400. The summed E-state index contributed by atoms with van der Waals surface area (Å²) in [5.41, 5.74) is 0.897. The molecule has 0 spiro atoms. The van der Waals surface area contributed by atoms with Gasteiger partial charge in [0, 0.05) is 38.8 Å². The Morgan fingerprint density at radius 1 is 1.43 bits per heavy atom. The van der Waals surface area contributed by atoms with E-state index in [0.29, 0.717) is 42.3 Å². The molecule has 1 aromatic carbocycles. The van der Waals surface area contributed by atoms with E-state index in [0.717, 1.165) is 0 Å². The van der Waals surface area contributed by atoms with Crippen LogP contribution in [0.25, 0.3) is 0 Å². The lowest BCUT2D eigenvalue weighted by Gasteiger charge is -2.20. The molecule has 1 fully saturated rings. The molecule has 3 amide bonds. The van der Waals surface area contributed by atoms with E-state index in [1.54, 1.807) is 25.2 Å². The van der Waals surface area contributed by atoms with Gasteiger partial charge in [-0.1, -0.05) is 11.6 Å². The lowest BCUT2D eigenvalue weighted by molar-refractivity contribution is -0.137. The Kier molecular flexibility index (Phi) is 5.44. The molecule has 2 rings (SSSR count). The molecule has 2 N–H and O–H groups in total. The van der Waals surface area contributed by atoms with Gasteiger partial charge >= 0.3 is 12.0 Å². The van der Waals surface area contributed by atoms with Crippen LogP contribution in [0.15, 0.2) is 18.2 Å². The molecular formula is C15H18ClN3O4. The fourth-order valence-electron chi connectivity index (χ4n) is 2.34. The molecule has 1 aliphatic rings. The van der Waals surface area contributed by atoms with Crippen LogP contribution in [0, 0.1) is 0 Å². The van der Waals surface area contributed by atoms with Crippen LogP contribution < -0.4 is 10.2 Å². The summed E-state index contributed by atoms with van der Waals surface area (Å²) >= 11 is 6.10. The van der Waals surface area contributed by atoms with E-state index in [2.05, 4.69) is 5.32 Å². The number of rotatable bonds is 6. The highest BCUT2D eigenvalue weighted by Gasteiger charge is 2.23. The fourth-order valence-corrected chi connectivity index (χ4v) is 2.54. The maximum Gasteiger partial charge on any atom is 0.321 e. The molecule has 1 aromatic rings. The third kappa shape index (κ3) is 4.13. The third-order valence-electron chi connectivity index (χ3n) is 3.58. The summed E-state index contributed by atoms with van der Waals surface area (Å²) < 4.78 is 0. The van der Waals surface area contributed by atoms with Crippen molar-refractivity contribution in [2.75, 3.05) is 31.6 Å². The number of halogens is 1. The molecule has 0 radical (unpaired) electrons. The zero-order valence-electron chi connectivity index (χ0n) is 12.7. The van der Waals surface area contributed by atoms with Crippen molar-refractivity contribution in [1.29, 1.82) is 0 Å². The van der Waals surface area contributed by atoms with E-state index in [1.807, 2.05) is 0 Å². The van der Waals surface area contributed by atoms with Crippen molar-refractivity contribution in [1.82, 2.24) is 10.2 Å². The number of benzene rings is 1. The van der Waals surface area contributed by atoms with Crippen LogP contribution >= 0.6 is 11.6 Å². The van der Waals surface area contributed by atoms with Gasteiger partial charge in [0.25, 0.3) is 5.91 Å². The number of carboxylic acid groups (broad SMARTS) is 1. The summed E-state index contributed by atoms with van der Waals surface area (Å²) in [7, 11) is 1.59. The lowest BCUT2D eigenvalue weighted by atomic mass is 10.1. The first-order valence-electron chi connectivity index (χ1n) is 7.22. The van der Waals surface area contributed by atoms with Crippen molar-refractivity contribution in [3.8, 4) is 0 Å². The molecule has 1 aliphatic heterocycles. The number of aliphatic carboxylic acids is 1. The van der Waals surface area contributed by atoms with Crippen molar-refractivity contribution < 1.29 is 19.5 Å². The SMILES string of the molecule is CN(CCCC(=O)O)C(=O)c1cc(N2CCNC2=O)ccc1Cl. The first kappa shape index (κ1) is 17.1. The second-order valence-electron chi connectivity index (χ2n) is 5.27. The quantitative estimate of drug-likeness (QED) is 0.827. The molecule has 0 saturated carbocycles. The normalized spacial score (nSPS) is 13.8. The maximum absolute atomic E-state index is 12.5. The number of carboxylic acids is 1. The molecule has 0 atom stereocenters. The van der Waals surface area contributed by atoms with E-state index in [9.17, 15) is 14.4 Å². The second kappa shape index (κ2) is 7.32. The van der Waals surface area contributed by atoms with E-state index >= 15 is 0 Å². The van der Waals surface area contributed by atoms with E-state index < -0.39 is 5.97 Å². The highest BCUT2D eigenvalue weighted by Crippen LogP contribution is 2.25. The van der Waals surface area contributed by atoms with Crippen molar-refractivity contribution in [2.24, 2.45) is 0 Å². The van der Waals surface area contributed by atoms with Crippen LogP contribution in [-0.2, 0) is 4.79 Å². The van der Waals surface area contributed by atoms with Gasteiger partial charge in [0.1, 0.15) is 0 Å². The molecule has 124 valence electrons. The Hall–Kier alpha value is -2.28. The Bertz CT molecular complexity index is 635. The predicted molar refractivity (Wildman–Crippen MR) is 86.0 cm³/mol. The summed E-state index contributed by atoms with van der Waals surface area (Å²) in [5, 5.41) is 11.6. The van der Waals surface area contributed by atoms with Gasteiger partial charge in [0.15, 0.2) is 0 Å². The number of nitrogens with zero attached hydrogens (tertiary/aromatic N) is 2. The minimum Gasteiger partial charge on any atom is -0.481 e. The van der Waals surface area contributed by atoms with Gasteiger partial charge in [0.05, 0.1) is 10.6 Å². The number of anilines is 1. The second-order valence-corrected chi connectivity index (χ2v) is 5.68. The monoisotopic (exact) mass is 339 g/mol. The summed E-state index contributed by atoms with van der Waals surface area (Å²) in [4.78, 5) is 37.7. The number of urea groups is 1. The highest BCUT2D eigenvalue weighted by atomic mass is 35.5. The summed E-state index contributed by atoms with van der Waals surface area (Å²) in [6, 6.07) is 4.65. The molecule has 0 aliphatic carbocycles. The predicted octanol–water partition coefficient (Wildman–Crippen LogP) is 1.81. The van der Waals surface area contributed by atoms with Crippen molar-refractivity contribution in [2.45, 2.75) is 12.8 Å². The van der Waals surface area contributed by atoms with Crippen LogP contribution in [-0.4, -0.2) is 54.6 Å².